The highest BCUT2D eigenvalue weighted by molar-refractivity contribution is 4.86. The summed E-state index contributed by atoms with van der Waals surface area (Å²) in [5, 5.41) is 10.3. The molecule has 23 heavy (non-hydrogen) atoms. The van der Waals surface area contributed by atoms with Crippen LogP contribution in [0.5, 0.6) is 0 Å². The summed E-state index contributed by atoms with van der Waals surface area (Å²) in [5.41, 5.74) is 0.658. The molecule has 2 atom stereocenters. The van der Waals surface area contributed by atoms with Crippen LogP contribution in [0.4, 0.5) is 0 Å². The van der Waals surface area contributed by atoms with E-state index in [2.05, 4.69) is 41.2 Å². The second kappa shape index (κ2) is 12.1. The largest absolute Gasteiger partial charge is 0.393 e. The molecule has 0 aliphatic carbocycles. The maximum absolute atomic E-state index is 10.3. The summed E-state index contributed by atoms with van der Waals surface area (Å²) >= 11 is 0. The van der Waals surface area contributed by atoms with Crippen molar-refractivity contribution in [2.45, 2.75) is 118 Å². The Bertz CT molecular complexity index is 294. The molecule has 0 rings (SSSR count). The summed E-state index contributed by atoms with van der Waals surface area (Å²) < 4.78 is 0. The molecule has 0 aliphatic rings. The average Bonchev–Trinajstić information content (AvgIpc) is 2.48. The van der Waals surface area contributed by atoms with E-state index in [9.17, 15) is 5.11 Å². The Labute approximate surface area is 147 Å². The summed E-state index contributed by atoms with van der Waals surface area (Å²) in [4.78, 5) is 0. The van der Waals surface area contributed by atoms with Crippen LogP contribution >= 0.6 is 0 Å². The van der Waals surface area contributed by atoms with Crippen molar-refractivity contribution in [2.75, 3.05) is 0 Å². The van der Waals surface area contributed by atoms with E-state index >= 15 is 0 Å². The molecule has 0 aromatic heterocycles. The zero-order valence-electron chi connectivity index (χ0n) is 16.8. The lowest BCUT2D eigenvalue weighted by Gasteiger charge is -2.37. The lowest BCUT2D eigenvalue weighted by Crippen LogP contribution is -2.26. The van der Waals surface area contributed by atoms with E-state index in [0.717, 1.165) is 25.7 Å². The Hall–Kier alpha value is -0.300. The Balaban J connectivity index is 4.05. The monoisotopic (exact) mass is 324 g/mol. The maximum Gasteiger partial charge on any atom is 0.0540 e. The number of unbranched alkanes of at least 4 members (excludes halogenated alkanes) is 5. The molecular weight excluding hydrogens is 280 g/mol. The minimum atomic E-state index is -0.102. The summed E-state index contributed by atoms with van der Waals surface area (Å²) in [6, 6.07) is 0. The molecule has 0 radical (unpaired) electrons. The van der Waals surface area contributed by atoms with E-state index < -0.39 is 0 Å². The lowest BCUT2D eigenvalue weighted by molar-refractivity contribution is 0.101. The van der Waals surface area contributed by atoms with Crippen molar-refractivity contribution in [2.24, 2.45) is 10.8 Å². The van der Waals surface area contributed by atoms with E-state index in [1.165, 1.54) is 51.4 Å². The van der Waals surface area contributed by atoms with E-state index in [0.29, 0.717) is 10.8 Å². The predicted molar refractivity (Wildman–Crippen MR) is 105 cm³/mol. The number of hydrogen-bond donors (Lipinski definition) is 1. The molecule has 1 N–H and O–H groups in total. The lowest BCUT2D eigenvalue weighted by atomic mass is 9.68. The van der Waals surface area contributed by atoms with Gasteiger partial charge in [-0.15, -0.1) is 6.58 Å². The molecule has 0 fully saturated rings. The van der Waals surface area contributed by atoms with Gasteiger partial charge in [-0.3, -0.25) is 0 Å². The highest BCUT2D eigenvalue weighted by Crippen LogP contribution is 2.42. The fourth-order valence-corrected chi connectivity index (χ4v) is 3.83. The highest BCUT2D eigenvalue weighted by atomic mass is 16.3. The standard InChI is InChI=1S/C22H44O/c1-7-10-11-12-13-14-15-20(23)16-18-22(6,9-3)19-21(4,5)17-8-2/h8,20,23H,2,7,9-19H2,1,3-6H3. The molecule has 0 aliphatic heterocycles. The molecule has 0 aromatic carbocycles. The molecule has 2 unspecified atom stereocenters. The van der Waals surface area contributed by atoms with Crippen LogP contribution in [0, 0.1) is 10.8 Å². The Kier molecular flexibility index (Phi) is 12.0. The average molecular weight is 325 g/mol. The molecule has 0 aromatic rings. The SMILES string of the molecule is C=CCC(C)(C)CC(C)(CC)CCC(O)CCCCCCCC. The molecule has 138 valence electrons. The van der Waals surface area contributed by atoms with Crippen molar-refractivity contribution < 1.29 is 5.11 Å². The molecule has 0 spiro atoms. The van der Waals surface area contributed by atoms with Gasteiger partial charge in [-0.2, -0.15) is 0 Å². The second-order valence-corrected chi connectivity index (χ2v) is 8.75. The van der Waals surface area contributed by atoms with Gasteiger partial charge in [0.25, 0.3) is 0 Å². The summed E-state index contributed by atoms with van der Waals surface area (Å²) in [5.74, 6) is 0. The van der Waals surface area contributed by atoms with Gasteiger partial charge >= 0.3 is 0 Å². The summed E-state index contributed by atoms with van der Waals surface area (Å²) in [6.07, 6.45) is 16.3. The van der Waals surface area contributed by atoms with Crippen molar-refractivity contribution in [3.05, 3.63) is 12.7 Å². The highest BCUT2D eigenvalue weighted by Gasteiger charge is 2.30. The van der Waals surface area contributed by atoms with Gasteiger partial charge < -0.3 is 5.11 Å². The van der Waals surface area contributed by atoms with Gasteiger partial charge in [0.1, 0.15) is 0 Å². The first-order valence-electron chi connectivity index (χ1n) is 10.1. The summed E-state index contributed by atoms with van der Waals surface area (Å²) in [7, 11) is 0. The minimum absolute atomic E-state index is 0.102. The van der Waals surface area contributed by atoms with E-state index in [-0.39, 0.29) is 6.10 Å². The second-order valence-electron chi connectivity index (χ2n) is 8.75. The Morgan fingerprint density at radius 3 is 2.13 bits per heavy atom. The van der Waals surface area contributed by atoms with Crippen molar-refractivity contribution in [3.8, 4) is 0 Å². The third-order valence-electron chi connectivity index (χ3n) is 5.43. The molecule has 1 heteroatoms. The Morgan fingerprint density at radius 1 is 0.957 bits per heavy atom. The van der Waals surface area contributed by atoms with Crippen molar-refractivity contribution in [1.29, 1.82) is 0 Å². The van der Waals surface area contributed by atoms with Crippen LogP contribution in [-0.2, 0) is 0 Å². The van der Waals surface area contributed by atoms with Crippen LogP contribution < -0.4 is 0 Å². The van der Waals surface area contributed by atoms with Crippen LogP contribution in [0.15, 0.2) is 12.7 Å². The molecule has 0 saturated carbocycles. The van der Waals surface area contributed by atoms with E-state index in [4.69, 9.17) is 0 Å². The van der Waals surface area contributed by atoms with Crippen LogP contribution in [0.25, 0.3) is 0 Å². The van der Waals surface area contributed by atoms with Gasteiger partial charge in [-0.1, -0.05) is 85.6 Å². The number of hydrogen-bond acceptors (Lipinski definition) is 1. The normalized spacial score (nSPS) is 16.1. The number of aliphatic hydroxyl groups excluding tert-OH is 1. The zero-order valence-corrected chi connectivity index (χ0v) is 16.8. The van der Waals surface area contributed by atoms with Gasteiger partial charge in [0, 0.05) is 0 Å². The van der Waals surface area contributed by atoms with Crippen LogP contribution in [-0.4, -0.2) is 11.2 Å². The van der Waals surface area contributed by atoms with Gasteiger partial charge in [-0.05, 0) is 42.9 Å². The molecule has 0 amide bonds. The summed E-state index contributed by atoms with van der Waals surface area (Å²) in [6.45, 7) is 15.5. The maximum atomic E-state index is 10.3. The molecule has 0 heterocycles. The number of rotatable bonds is 15. The molecule has 0 bridgehead atoms. The van der Waals surface area contributed by atoms with Crippen molar-refractivity contribution in [1.82, 2.24) is 0 Å². The fraction of sp³-hybridized carbons (Fsp3) is 0.909. The zero-order chi connectivity index (χ0) is 17.8. The van der Waals surface area contributed by atoms with Crippen molar-refractivity contribution in [3.63, 3.8) is 0 Å². The third kappa shape index (κ3) is 11.8. The first kappa shape index (κ1) is 22.7. The van der Waals surface area contributed by atoms with Gasteiger partial charge in [0.15, 0.2) is 0 Å². The van der Waals surface area contributed by atoms with Gasteiger partial charge in [0.05, 0.1) is 6.10 Å². The van der Waals surface area contributed by atoms with Crippen LogP contribution in [0.3, 0.4) is 0 Å². The number of aliphatic hydroxyl groups is 1. The fourth-order valence-electron chi connectivity index (χ4n) is 3.83. The molecule has 1 nitrogen and oxygen atoms in total. The minimum Gasteiger partial charge on any atom is -0.393 e. The van der Waals surface area contributed by atoms with Crippen molar-refractivity contribution >= 4 is 0 Å². The van der Waals surface area contributed by atoms with Gasteiger partial charge in [-0.25, -0.2) is 0 Å². The topological polar surface area (TPSA) is 20.2 Å². The van der Waals surface area contributed by atoms with E-state index in [1.807, 2.05) is 6.08 Å². The smallest absolute Gasteiger partial charge is 0.0540 e. The van der Waals surface area contributed by atoms with Crippen LogP contribution in [0.1, 0.15) is 112 Å². The third-order valence-corrected chi connectivity index (χ3v) is 5.43. The first-order valence-corrected chi connectivity index (χ1v) is 10.1. The predicted octanol–water partition coefficient (Wildman–Crippen LogP) is 7.29. The Morgan fingerprint density at radius 2 is 1.57 bits per heavy atom. The van der Waals surface area contributed by atoms with Crippen LogP contribution in [0.2, 0.25) is 0 Å². The quantitative estimate of drug-likeness (QED) is 0.248. The molecule has 0 saturated heterocycles. The first-order chi connectivity index (χ1) is 10.8. The van der Waals surface area contributed by atoms with Gasteiger partial charge in [0.2, 0.25) is 0 Å². The molecular formula is C22H44O. The van der Waals surface area contributed by atoms with E-state index in [1.54, 1.807) is 0 Å². The number of allylic oxidation sites excluding steroid dienone is 1.